The number of aliphatic hydroxyl groups is 1. The fourth-order valence-electron chi connectivity index (χ4n) is 13.9. The molecule has 2 heterocycles. The lowest BCUT2D eigenvalue weighted by atomic mass is 9.67. The maximum absolute atomic E-state index is 11.0. The van der Waals surface area contributed by atoms with Crippen molar-refractivity contribution in [2.45, 2.75) is 290 Å². The Bertz CT molecular complexity index is 2630. The van der Waals surface area contributed by atoms with Crippen molar-refractivity contribution in [3.63, 3.8) is 0 Å². The third kappa shape index (κ3) is 13.2. The Kier molecular flexibility index (Phi) is 19.3. The van der Waals surface area contributed by atoms with Crippen molar-refractivity contribution in [1.29, 1.82) is 0 Å². The first-order valence-electron chi connectivity index (χ1n) is 31.0. The number of benzene rings is 4. The summed E-state index contributed by atoms with van der Waals surface area (Å²) < 4.78 is 32.4. The van der Waals surface area contributed by atoms with E-state index in [2.05, 4.69) is 203 Å². The first-order chi connectivity index (χ1) is 36.4. The zero-order valence-corrected chi connectivity index (χ0v) is 53.8. The van der Waals surface area contributed by atoms with Crippen LogP contribution >= 0.6 is 0 Å². The molecule has 0 radical (unpaired) electrons. The molecule has 0 spiro atoms. The van der Waals surface area contributed by atoms with E-state index >= 15 is 0 Å². The quantitative estimate of drug-likeness (QED) is 0.100. The highest BCUT2D eigenvalue weighted by atomic mass is 28.4. The average molecular weight is 1080 g/mol. The van der Waals surface area contributed by atoms with Gasteiger partial charge in [-0.1, -0.05) is 150 Å². The van der Waals surface area contributed by atoms with Gasteiger partial charge in [0.05, 0.1) is 33.6 Å². The SMILES string of the molecule is CCC(CC)(c1ccc(CCC2(O)CCCCC2)c(C)c1)c1ccc(B2OC(C)(C)C(C)(C)O2)c(C)c1.CCC(CC)(c1ccc(CCC2(O[Si](C)(C)C)CCCCC2)c(C)c1)c1ccc(B2OC(C)(C)C(C)(C)O2)c(C)c1. The van der Waals surface area contributed by atoms with Crippen LogP contribution in [-0.2, 0) is 46.7 Å². The molecule has 0 atom stereocenters. The highest BCUT2D eigenvalue weighted by Gasteiger charge is 2.53. The largest absolute Gasteiger partial charge is 0.495 e. The molecule has 8 rings (SSSR count). The molecule has 9 heteroatoms. The predicted molar refractivity (Wildman–Crippen MR) is 334 cm³/mol. The van der Waals surface area contributed by atoms with Crippen LogP contribution in [0.25, 0.3) is 0 Å². The zero-order chi connectivity index (χ0) is 57.3. The van der Waals surface area contributed by atoms with Crippen molar-refractivity contribution in [2.75, 3.05) is 0 Å². The molecule has 0 aromatic heterocycles. The van der Waals surface area contributed by atoms with Gasteiger partial charge in [0.2, 0.25) is 0 Å². The first-order valence-corrected chi connectivity index (χ1v) is 34.4. The summed E-state index contributed by atoms with van der Waals surface area (Å²) in [7, 11) is -2.26. The van der Waals surface area contributed by atoms with Crippen molar-refractivity contribution in [3.05, 3.63) is 128 Å². The van der Waals surface area contributed by atoms with Crippen LogP contribution in [-0.4, -0.2) is 61.3 Å². The average Bonchev–Trinajstić information content (AvgIpc) is 3.79. The van der Waals surface area contributed by atoms with Crippen molar-refractivity contribution < 1.29 is 28.1 Å². The maximum atomic E-state index is 11.0. The summed E-state index contributed by atoms with van der Waals surface area (Å²) >= 11 is 0. The summed E-state index contributed by atoms with van der Waals surface area (Å²) in [6, 6.07) is 28.2. The van der Waals surface area contributed by atoms with Crippen LogP contribution < -0.4 is 10.9 Å². The first kappa shape index (κ1) is 62.6. The van der Waals surface area contributed by atoms with E-state index in [1.165, 1.54) is 94.2 Å². The lowest BCUT2D eigenvalue weighted by Gasteiger charge is -2.42. The standard InChI is InChI=1S/C36H57BO3Si.C33H49BO3/c1-12-36(13-2,31-19-20-32(28(4)26-31)37-38-33(5,6)34(7,8)39-37)30-18-17-29(27(3)25-30)21-24-35(40-41(9,10)11)22-15-14-16-23-35;1-9-33(10-2,27-15-14-26(24(3)22-27)18-21-32(35)19-12-11-13-20-32)28-16-17-29(25(4)23-28)34-36-30(5,6)31(7,8)37-34/h17-20,25-26H,12-16,21-24H2,1-11H3;14-17,22-23,35H,9-13,18-21H2,1-8H3. The molecule has 428 valence electrons. The van der Waals surface area contributed by atoms with Crippen LogP contribution in [0.15, 0.2) is 72.8 Å². The lowest BCUT2D eigenvalue weighted by Crippen LogP contribution is -2.44. The summed E-state index contributed by atoms with van der Waals surface area (Å²) in [6.07, 6.45) is 20.2. The van der Waals surface area contributed by atoms with Gasteiger partial charge >= 0.3 is 14.2 Å². The highest BCUT2D eigenvalue weighted by molar-refractivity contribution is 6.69. The molecular formula is C69H106B2O6Si. The highest BCUT2D eigenvalue weighted by Crippen LogP contribution is 2.45. The van der Waals surface area contributed by atoms with Gasteiger partial charge in [-0.3, -0.25) is 0 Å². The van der Waals surface area contributed by atoms with Crippen molar-refractivity contribution >= 4 is 33.5 Å². The molecule has 0 unspecified atom stereocenters. The molecule has 4 aromatic carbocycles. The molecule has 2 saturated carbocycles. The Balaban J connectivity index is 0.000000227. The Morgan fingerprint density at radius 1 is 0.462 bits per heavy atom. The van der Waals surface area contributed by atoms with E-state index in [0.717, 1.165) is 88.0 Å². The summed E-state index contributed by atoms with van der Waals surface area (Å²) in [6.45, 7) is 42.2. The van der Waals surface area contributed by atoms with Gasteiger partial charge in [0.1, 0.15) is 0 Å². The second-order valence-electron chi connectivity index (χ2n) is 27.9. The normalized spacial score (nSPS) is 20.6. The summed E-state index contributed by atoms with van der Waals surface area (Å²) in [5, 5.41) is 11.0. The van der Waals surface area contributed by atoms with Crippen LogP contribution in [0.4, 0.5) is 0 Å². The van der Waals surface area contributed by atoms with E-state index in [0.29, 0.717) is 0 Å². The molecule has 1 N–H and O–H groups in total. The third-order valence-corrected chi connectivity index (χ3v) is 21.7. The molecule has 4 fully saturated rings. The number of hydrogen-bond acceptors (Lipinski definition) is 6. The maximum Gasteiger partial charge on any atom is 0.495 e. The van der Waals surface area contributed by atoms with E-state index in [-0.39, 0.29) is 53.1 Å². The molecule has 4 aromatic rings. The van der Waals surface area contributed by atoms with E-state index in [4.69, 9.17) is 23.0 Å². The van der Waals surface area contributed by atoms with Crippen LogP contribution in [0.2, 0.25) is 19.6 Å². The van der Waals surface area contributed by atoms with Gasteiger partial charge in [-0.25, -0.2) is 0 Å². The lowest BCUT2D eigenvalue weighted by molar-refractivity contribution is -0.00345. The van der Waals surface area contributed by atoms with Gasteiger partial charge in [0, 0.05) is 10.8 Å². The molecule has 6 nitrogen and oxygen atoms in total. The summed E-state index contributed by atoms with van der Waals surface area (Å²) in [5.74, 6) is 0. The van der Waals surface area contributed by atoms with Crippen molar-refractivity contribution in [2.24, 2.45) is 0 Å². The molecule has 2 aliphatic heterocycles. The summed E-state index contributed by atoms with van der Waals surface area (Å²) in [4.78, 5) is 0. The van der Waals surface area contributed by atoms with E-state index < -0.39 is 13.9 Å². The molecule has 78 heavy (non-hydrogen) atoms. The van der Waals surface area contributed by atoms with Crippen LogP contribution in [0.3, 0.4) is 0 Å². The third-order valence-electron chi connectivity index (χ3n) is 20.6. The fraction of sp³-hybridized carbons (Fsp3) is 0.652. The van der Waals surface area contributed by atoms with E-state index in [9.17, 15) is 5.11 Å². The van der Waals surface area contributed by atoms with Gasteiger partial charge in [-0.05, 0) is 235 Å². The molecule has 2 saturated heterocycles. The summed E-state index contributed by atoms with van der Waals surface area (Å²) in [5.41, 5.74) is 14.1. The molecular weight excluding hydrogens is 974 g/mol. The van der Waals surface area contributed by atoms with Gasteiger partial charge in [0.15, 0.2) is 8.32 Å². The predicted octanol–water partition coefficient (Wildman–Crippen LogP) is 16.5. The van der Waals surface area contributed by atoms with Crippen LogP contribution in [0.1, 0.15) is 241 Å². The number of rotatable bonds is 18. The van der Waals surface area contributed by atoms with Gasteiger partial charge in [-0.2, -0.15) is 0 Å². The minimum Gasteiger partial charge on any atom is -0.412 e. The van der Waals surface area contributed by atoms with Gasteiger partial charge in [-0.15, -0.1) is 0 Å². The molecule has 0 bridgehead atoms. The van der Waals surface area contributed by atoms with Gasteiger partial charge < -0.3 is 28.1 Å². The number of hydrogen-bond donors (Lipinski definition) is 1. The van der Waals surface area contributed by atoms with Crippen molar-refractivity contribution in [1.82, 2.24) is 0 Å². The number of aryl methyl sites for hydroxylation is 6. The van der Waals surface area contributed by atoms with E-state index in [1.54, 1.807) is 0 Å². The zero-order valence-electron chi connectivity index (χ0n) is 52.8. The molecule has 0 amide bonds. The van der Waals surface area contributed by atoms with Crippen molar-refractivity contribution in [3.8, 4) is 0 Å². The second kappa shape index (κ2) is 24.1. The second-order valence-corrected chi connectivity index (χ2v) is 32.4. The van der Waals surface area contributed by atoms with E-state index in [1.807, 2.05) is 0 Å². The fourth-order valence-corrected chi connectivity index (χ4v) is 15.5. The topological polar surface area (TPSA) is 66.4 Å². The minimum absolute atomic E-state index is 0.0198. The van der Waals surface area contributed by atoms with Gasteiger partial charge in [0.25, 0.3) is 0 Å². The van der Waals surface area contributed by atoms with Crippen LogP contribution in [0, 0.1) is 27.7 Å². The Labute approximate surface area is 478 Å². The molecule has 4 aliphatic rings. The Hall–Kier alpha value is -3.01. The van der Waals surface area contributed by atoms with Crippen LogP contribution in [0.5, 0.6) is 0 Å². The monoisotopic (exact) mass is 1080 g/mol. The Morgan fingerprint density at radius 2 is 0.782 bits per heavy atom. The Morgan fingerprint density at radius 3 is 1.10 bits per heavy atom. The molecule has 2 aliphatic carbocycles. The smallest absolute Gasteiger partial charge is 0.412 e. The minimum atomic E-state index is -1.60.